The predicted octanol–water partition coefficient (Wildman–Crippen LogP) is 4.17. The van der Waals surface area contributed by atoms with E-state index in [4.69, 9.17) is 4.74 Å². The number of aromatic nitrogens is 2. The summed E-state index contributed by atoms with van der Waals surface area (Å²) in [6, 6.07) is 18.2. The monoisotopic (exact) mass is 496 g/mol. The smallest absolute Gasteiger partial charge is 0.259 e. The van der Waals surface area contributed by atoms with E-state index in [0.717, 1.165) is 14.7 Å². The summed E-state index contributed by atoms with van der Waals surface area (Å²) >= 11 is 1.49. The van der Waals surface area contributed by atoms with Crippen LogP contribution in [0.15, 0.2) is 77.1 Å². The molecule has 0 spiro atoms. The number of nitrogens with zero attached hydrogens (tertiary/aromatic N) is 3. The summed E-state index contributed by atoms with van der Waals surface area (Å²) in [6.07, 6.45) is 1.71. The number of ether oxygens (including phenoxy) is 1. The maximum absolute atomic E-state index is 13.3. The zero-order valence-corrected chi connectivity index (χ0v) is 20.6. The van der Waals surface area contributed by atoms with Gasteiger partial charge in [0.15, 0.2) is 0 Å². The minimum absolute atomic E-state index is 0.0314. The normalized spacial score (nSPS) is 11.5. The number of hydrogen-bond acceptors (Lipinski definition) is 6. The molecule has 0 atom stereocenters. The molecule has 34 heavy (non-hydrogen) atoms. The van der Waals surface area contributed by atoms with Gasteiger partial charge in [-0.25, -0.2) is 12.7 Å². The molecular formula is C24H24N4O4S2. The number of carbonyl (C=O) groups excluding carboxylic acids is 1. The van der Waals surface area contributed by atoms with Crippen molar-refractivity contribution in [3.8, 4) is 16.3 Å². The summed E-state index contributed by atoms with van der Waals surface area (Å²) in [5.74, 6) is -0.192. The van der Waals surface area contributed by atoms with Crippen molar-refractivity contribution in [2.24, 2.45) is 0 Å². The fraction of sp³-hybridized carbons (Fsp3) is 0.167. The van der Waals surface area contributed by atoms with Crippen molar-refractivity contribution in [1.82, 2.24) is 14.1 Å². The number of amides is 1. The Morgan fingerprint density at radius 3 is 2.53 bits per heavy atom. The molecule has 0 saturated carbocycles. The van der Waals surface area contributed by atoms with E-state index in [2.05, 4.69) is 10.4 Å². The molecule has 0 aliphatic heterocycles. The zero-order valence-electron chi connectivity index (χ0n) is 18.9. The molecule has 0 fully saturated rings. The highest BCUT2D eigenvalue weighted by Gasteiger charge is 2.24. The van der Waals surface area contributed by atoms with Crippen LogP contribution in [0.3, 0.4) is 0 Å². The van der Waals surface area contributed by atoms with E-state index in [0.29, 0.717) is 23.5 Å². The average Bonchev–Trinajstić information content (AvgIpc) is 3.49. The molecule has 176 valence electrons. The van der Waals surface area contributed by atoms with E-state index >= 15 is 0 Å². The lowest BCUT2D eigenvalue weighted by Gasteiger charge is -2.16. The fourth-order valence-electron chi connectivity index (χ4n) is 3.39. The Bertz CT molecular complexity index is 1400. The molecular weight excluding hydrogens is 472 g/mol. The Hall–Kier alpha value is -3.47. The highest BCUT2D eigenvalue weighted by atomic mass is 32.2. The van der Waals surface area contributed by atoms with E-state index in [1.54, 1.807) is 16.9 Å². The maximum Gasteiger partial charge on any atom is 0.259 e. The van der Waals surface area contributed by atoms with Gasteiger partial charge in [0.1, 0.15) is 16.3 Å². The molecule has 0 bridgehead atoms. The number of methoxy groups -OCH3 is 1. The highest BCUT2D eigenvalue weighted by molar-refractivity contribution is 7.89. The Balaban J connectivity index is 1.68. The van der Waals surface area contributed by atoms with Gasteiger partial charge < -0.3 is 10.1 Å². The lowest BCUT2D eigenvalue weighted by Crippen LogP contribution is -2.23. The molecule has 0 unspecified atom stereocenters. The topological polar surface area (TPSA) is 93.5 Å². The van der Waals surface area contributed by atoms with Gasteiger partial charge >= 0.3 is 0 Å². The minimum atomic E-state index is -3.77. The maximum atomic E-state index is 13.3. The third-order valence-corrected chi connectivity index (χ3v) is 7.84. The van der Waals surface area contributed by atoms with E-state index in [1.807, 2.05) is 47.8 Å². The largest absolute Gasteiger partial charge is 0.495 e. The average molecular weight is 497 g/mol. The first-order valence-corrected chi connectivity index (χ1v) is 12.7. The number of sulfonamides is 1. The summed E-state index contributed by atoms with van der Waals surface area (Å²) < 4.78 is 33.5. The Labute approximate surface area is 202 Å². The quantitative estimate of drug-likeness (QED) is 0.395. The second-order valence-electron chi connectivity index (χ2n) is 7.66. The minimum Gasteiger partial charge on any atom is -0.495 e. The molecule has 2 aromatic heterocycles. The van der Waals surface area contributed by atoms with E-state index in [1.165, 1.54) is 44.7 Å². The van der Waals surface area contributed by atoms with Crippen molar-refractivity contribution in [2.45, 2.75) is 11.4 Å². The number of anilines is 1. The number of nitrogens with one attached hydrogen (secondary N) is 1. The van der Waals surface area contributed by atoms with Crippen LogP contribution in [-0.2, 0) is 16.6 Å². The van der Waals surface area contributed by atoms with E-state index in [-0.39, 0.29) is 16.6 Å². The van der Waals surface area contributed by atoms with Gasteiger partial charge in [-0.3, -0.25) is 9.48 Å². The van der Waals surface area contributed by atoms with Gasteiger partial charge in [-0.1, -0.05) is 36.4 Å². The molecule has 0 saturated heterocycles. The zero-order chi connectivity index (χ0) is 24.3. The Morgan fingerprint density at radius 1 is 1.12 bits per heavy atom. The second-order valence-corrected chi connectivity index (χ2v) is 10.7. The molecule has 8 nitrogen and oxygen atoms in total. The first-order valence-electron chi connectivity index (χ1n) is 10.4. The van der Waals surface area contributed by atoms with Crippen LogP contribution in [-0.4, -0.2) is 49.6 Å². The summed E-state index contributed by atoms with van der Waals surface area (Å²) in [5, 5.41) is 9.40. The Morgan fingerprint density at radius 2 is 1.88 bits per heavy atom. The van der Waals surface area contributed by atoms with Crippen LogP contribution in [0, 0.1) is 0 Å². The summed E-state index contributed by atoms with van der Waals surface area (Å²) in [7, 11) is 0.503. The first kappa shape index (κ1) is 23.7. The van der Waals surface area contributed by atoms with Crippen molar-refractivity contribution in [3.05, 3.63) is 83.4 Å². The van der Waals surface area contributed by atoms with Gasteiger partial charge in [0.05, 0.1) is 24.1 Å². The van der Waals surface area contributed by atoms with Crippen LogP contribution >= 0.6 is 11.3 Å². The number of carbonyl (C=O) groups is 1. The van der Waals surface area contributed by atoms with Crippen LogP contribution in [0.1, 0.15) is 15.9 Å². The standard InChI is InChI=1S/C24H24N4O4S2/c1-27(2)34(30,31)22-14-18(11-12-20(22)32-3)25-24(29)19-16-28(15-17-8-5-4-6-9-17)26-23(19)21-10-7-13-33-21/h4-14,16H,15H2,1-3H3,(H,25,29). The molecule has 0 radical (unpaired) electrons. The van der Waals surface area contributed by atoms with Gasteiger partial charge in [-0.2, -0.15) is 5.10 Å². The van der Waals surface area contributed by atoms with Crippen molar-refractivity contribution < 1.29 is 17.9 Å². The molecule has 0 aliphatic carbocycles. The van der Waals surface area contributed by atoms with Crippen LogP contribution in [0.25, 0.3) is 10.6 Å². The summed E-state index contributed by atoms with van der Waals surface area (Å²) in [5.41, 5.74) is 2.35. The molecule has 0 aliphatic rings. The highest BCUT2D eigenvalue weighted by Crippen LogP contribution is 2.31. The van der Waals surface area contributed by atoms with Gasteiger partial charge in [0.25, 0.3) is 5.91 Å². The van der Waals surface area contributed by atoms with Gasteiger partial charge in [0.2, 0.25) is 10.0 Å². The SMILES string of the molecule is COc1ccc(NC(=O)c2cn(Cc3ccccc3)nc2-c2cccs2)cc1S(=O)(=O)N(C)C. The molecule has 1 N–H and O–H groups in total. The summed E-state index contributed by atoms with van der Waals surface area (Å²) in [4.78, 5) is 14.1. The molecule has 10 heteroatoms. The second kappa shape index (κ2) is 9.80. The molecule has 1 amide bonds. The lowest BCUT2D eigenvalue weighted by molar-refractivity contribution is 0.102. The number of thiophene rings is 1. The van der Waals surface area contributed by atoms with Crippen molar-refractivity contribution in [3.63, 3.8) is 0 Å². The third-order valence-electron chi connectivity index (χ3n) is 5.13. The lowest BCUT2D eigenvalue weighted by atomic mass is 10.2. The van der Waals surface area contributed by atoms with E-state index in [9.17, 15) is 13.2 Å². The number of rotatable bonds is 8. The van der Waals surface area contributed by atoms with Crippen molar-refractivity contribution in [1.29, 1.82) is 0 Å². The van der Waals surface area contributed by atoms with Gasteiger partial charge in [-0.05, 0) is 35.2 Å². The fourth-order valence-corrected chi connectivity index (χ4v) is 5.18. The third kappa shape index (κ3) is 4.89. The van der Waals surface area contributed by atoms with Gasteiger partial charge in [0, 0.05) is 26.0 Å². The van der Waals surface area contributed by atoms with Crippen LogP contribution in [0.5, 0.6) is 5.75 Å². The summed E-state index contributed by atoms with van der Waals surface area (Å²) in [6.45, 7) is 0.514. The van der Waals surface area contributed by atoms with E-state index < -0.39 is 10.0 Å². The predicted molar refractivity (Wildman–Crippen MR) is 133 cm³/mol. The molecule has 2 aromatic carbocycles. The van der Waals surface area contributed by atoms with Crippen molar-refractivity contribution in [2.75, 3.05) is 26.5 Å². The number of hydrogen-bond donors (Lipinski definition) is 1. The van der Waals surface area contributed by atoms with Crippen LogP contribution in [0.2, 0.25) is 0 Å². The van der Waals surface area contributed by atoms with Crippen molar-refractivity contribution >= 4 is 33.0 Å². The van der Waals surface area contributed by atoms with Crippen LogP contribution in [0.4, 0.5) is 5.69 Å². The number of benzene rings is 2. The molecule has 4 rings (SSSR count). The molecule has 4 aromatic rings. The van der Waals surface area contributed by atoms with Crippen LogP contribution < -0.4 is 10.1 Å². The first-order chi connectivity index (χ1) is 16.3. The molecule has 2 heterocycles. The Kier molecular flexibility index (Phi) is 6.82. The van der Waals surface area contributed by atoms with Gasteiger partial charge in [-0.15, -0.1) is 11.3 Å².